The lowest BCUT2D eigenvalue weighted by molar-refractivity contribution is 0.626. The molecule has 1 aromatic carbocycles. The first-order chi connectivity index (χ1) is 8.31. The molecule has 3 nitrogen and oxygen atoms in total. The molecule has 0 spiro atoms. The van der Waals surface area contributed by atoms with Crippen LogP contribution >= 0.6 is 15.9 Å². The van der Waals surface area contributed by atoms with E-state index in [0.29, 0.717) is 0 Å². The van der Waals surface area contributed by atoms with Crippen LogP contribution in [0.4, 0.5) is 0 Å². The Balaban J connectivity index is 2.35. The van der Waals surface area contributed by atoms with Crippen LogP contribution in [0.1, 0.15) is 24.1 Å². The maximum atomic E-state index is 4.07. The summed E-state index contributed by atoms with van der Waals surface area (Å²) in [5.41, 5.74) is 2.28. The molecule has 2 aromatic rings. The zero-order chi connectivity index (χ0) is 12.1. The summed E-state index contributed by atoms with van der Waals surface area (Å²) in [6.07, 6.45) is 5.25. The van der Waals surface area contributed by atoms with Gasteiger partial charge in [-0.15, -0.1) is 0 Å². The van der Waals surface area contributed by atoms with Gasteiger partial charge in [-0.1, -0.05) is 35.0 Å². The van der Waals surface area contributed by atoms with Crippen molar-refractivity contribution in [3.05, 3.63) is 58.6 Å². The highest BCUT2D eigenvalue weighted by molar-refractivity contribution is 9.10. The van der Waals surface area contributed by atoms with Crippen molar-refractivity contribution >= 4 is 15.9 Å². The monoisotopic (exact) mass is 291 g/mol. The highest BCUT2D eigenvalue weighted by Crippen LogP contribution is 2.23. The number of hydrogen-bond donors (Lipinski definition) is 1. The first-order valence-electron chi connectivity index (χ1n) is 5.55. The molecule has 0 aliphatic rings. The Labute approximate surface area is 109 Å². The third-order valence-corrected chi connectivity index (χ3v) is 3.00. The average molecular weight is 292 g/mol. The largest absolute Gasteiger partial charge is 0.306 e. The summed E-state index contributed by atoms with van der Waals surface area (Å²) >= 11 is 3.50. The first kappa shape index (κ1) is 12.2. The number of hydrogen-bond acceptors (Lipinski definition) is 3. The van der Waals surface area contributed by atoms with Crippen molar-refractivity contribution in [2.75, 3.05) is 6.54 Å². The normalized spacial score (nSPS) is 12.4. The van der Waals surface area contributed by atoms with Gasteiger partial charge >= 0.3 is 0 Å². The van der Waals surface area contributed by atoms with Gasteiger partial charge in [-0.25, -0.2) is 9.97 Å². The van der Waals surface area contributed by atoms with Crippen molar-refractivity contribution in [2.45, 2.75) is 13.0 Å². The first-order valence-corrected chi connectivity index (χ1v) is 6.34. The van der Waals surface area contributed by atoms with E-state index in [9.17, 15) is 0 Å². The van der Waals surface area contributed by atoms with Crippen molar-refractivity contribution < 1.29 is 0 Å². The van der Waals surface area contributed by atoms with Crippen LogP contribution in [-0.2, 0) is 0 Å². The van der Waals surface area contributed by atoms with Gasteiger partial charge in [0.05, 0.1) is 6.04 Å². The molecule has 0 aliphatic carbocycles. The number of nitrogens with one attached hydrogen (secondary N) is 1. The number of rotatable bonds is 4. The second kappa shape index (κ2) is 5.89. The van der Waals surface area contributed by atoms with Crippen LogP contribution in [0, 0.1) is 0 Å². The van der Waals surface area contributed by atoms with Gasteiger partial charge in [0, 0.05) is 22.4 Å². The van der Waals surface area contributed by atoms with E-state index in [-0.39, 0.29) is 6.04 Å². The molecule has 1 N–H and O–H groups in total. The Morgan fingerprint density at radius 2 is 2.00 bits per heavy atom. The molecule has 17 heavy (non-hydrogen) atoms. The fourth-order valence-corrected chi connectivity index (χ4v) is 2.20. The molecular formula is C13H14BrN3. The van der Waals surface area contributed by atoms with E-state index >= 15 is 0 Å². The lowest BCUT2D eigenvalue weighted by Gasteiger charge is -2.18. The van der Waals surface area contributed by atoms with Gasteiger partial charge in [-0.2, -0.15) is 0 Å². The van der Waals surface area contributed by atoms with Gasteiger partial charge in [-0.3, -0.25) is 0 Å². The molecule has 1 heterocycles. The zero-order valence-corrected chi connectivity index (χ0v) is 11.2. The molecule has 0 saturated carbocycles. The van der Waals surface area contributed by atoms with E-state index in [2.05, 4.69) is 50.3 Å². The van der Waals surface area contributed by atoms with Gasteiger partial charge in [-0.05, 0) is 24.2 Å². The highest BCUT2D eigenvalue weighted by Gasteiger charge is 2.13. The van der Waals surface area contributed by atoms with Crippen LogP contribution < -0.4 is 5.32 Å². The van der Waals surface area contributed by atoms with E-state index in [1.165, 1.54) is 5.56 Å². The zero-order valence-electron chi connectivity index (χ0n) is 9.60. The van der Waals surface area contributed by atoms with Crippen molar-refractivity contribution in [1.29, 1.82) is 0 Å². The third kappa shape index (κ3) is 3.11. The summed E-state index contributed by atoms with van der Waals surface area (Å²) in [4.78, 5) is 8.15. The Bertz CT molecular complexity index is 473. The van der Waals surface area contributed by atoms with Gasteiger partial charge in [0.1, 0.15) is 6.33 Å². The standard InChI is InChI=1S/C13H14BrN3/c1-2-17-13(11-7-15-9-16-8-11)10-4-3-5-12(14)6-10/h3-9,13,17H,2H2,1H3. The third-order valence-electron chi connectivity index (χ3n) is 2.50. The lowest BCUT2D eigenvalue weighted by atomic mass is 10.0. The SMILES string of the molecule is CCNC(c1cncnc1)c1cccc(Br)c1. The van der Waals surface area contributed by atoms with E-state index in [1.807, 2.05) is 24.5 Å². The predicted octanol–water partition coefficient (Wildman–Crippen LogP) is 2.94. The minimum Gasteiger partial charge on any atom is -0.306 e. The number of aromatic nitrogens is 2. The molecule has 0 saturated heterocycles. The van der Waals surface area contributed by atoms with Crippen molar-refractivity contribution in [1.82, 2.24) is 15.3 Å². The minimum atomic E-state index is 0.138. The summed E-state index contributed by atoms with van der Waals surface area (Å²) < 4.78 is 1.08. The Kier molecular flexibility index (Phi) is 4.23. The fourth-order valence-electron chi connectivity index (χ4n) is 1.78. The van der Waals surface area contributed by atoms with Gasteiger partial charge in [0.15, 0.2) is 0 Å². The molecule has 0 amide bonds. The lowest BCUT2D eigenvalue weighted by Crippen LogP contribution is -2.22. The van der Waals surface area contributed by atoms with Crippen molar-refractivity contribution in [2.24, 2.45) is 0 Å². The average Bonchev–Trinajstić information content (AvgIpc) is 2.37. The molecule has 1 aromatic heterocycles. The Hall–Kier alpha value is -1.26. The molecule has 0 aliphatic heterocycles. The smallest absolute Gasteiger partial charge is 0.115 e. The molecular weight excluding hydrogens is 278 g/mol. The second-order valence-electron chi connectivity index (χ2n) is 3.72. The predicted molar refractivity (Wildman–Crippen MR) is 71.7 cm³/mol. The van der Waals surface area contributed by atoms with Crippen LogP contribution in [0.2, 0.25) is 0 Å². The van der Waals surface area contributed by atoms with Gasteiger partial charge in [0.25, 0.3) is 0 Å². The van der Waals surface area contributed by atoms with Crippen LogP contribution in [0.25, 0.3) is 0 Å². The maximum Gasteiger partial charge on any atom is 0.115 e. The summed E-state index contributed by atoms with van der Waals surface area (Å²) in [6.45, 7) is 2.99. The molecule has 88 valence electrons. The summed E-state index contributed by atoms with van der Waals surface area (Å²) in [5.74, 6) is 0. The van der Waals surface area contributed by atoms with Gasteiger partial charge in [0.2, 0.25) is 0 Å². The van der Waals surface area contributed by atoms with E-state index in [4.69, 9.17) is 0 Å². The van der Waals surface area contributed by atoms with E-state index in [0.717, 1.165) is 16.6 Å². The molecule has 0 fully saturated rings. The van der Waals surface area contributed by atoms with Gasteiger partial charge < -0.3 is 5.32 Å². The molecule has 1 atom stereocenters. The molecule has 4 heteroatoms. The highest BCUT2D eigenvalue weighted by atomic mass is 79.9. The quantitative estimate of drug-likeness (QED) is 0.941. The summed E-state index contributed by atoms with van der Waals surface area (Å²) in [6, 6.07) is 8.41. The van der Waals surface area contributed by atoms with Crippen LogP contribution in [0.5, 0.6) is 0 Å². The van der Waals surface area contributed by atoms with Crippen LogP contribution in [0.3, 0.4) is 0 Å². The van der Waals surface area contributed by atoms with Crippen LogP contribution in [0.15, 0.2) is 47.5 Å². The topological polar surface area (TPSA) is 37.8 Å². The summed E-state index contributed by atoms with van der Waals surface area (Å²) in [7, 11) is 0. The Morgan fingerprint density at radius 3 is 2.65 bits per heavy atom. The fraction of sp³-hybridized carbons (Fsp3) is 0.231. The molecule has 1 unspecified atom stereocenters. The molecule has 0 bridgehead atoms. The minimum absolute atomic E-state index is 0.138. The number of benzene rings is 1. The Morgan fingerprint density at radius 1 is 1.24 bits per heavy atom. The van der Waals surface area contributed by atoms with E-state index < -0.39 is 0 Å². The maximum absolute atomic E-state index is 4.07. The summed E-state index contributed by atoms with van der Waals surface area (Å²) in [5, 5.41) is 3.44. The van der Waals surface area contributed by atoms with Crippen molar-refractivity contribution in [3.63, 3.8) is 0 Å². The number of halogens is 1. The van der Waals surface area contributed by atoms with E-state index in [1.54, 1.807) is 6.33 Å². The molecule has 0 radical (unpaired) electrons. The number of nitrogens with zero attached hydrogens (tertiary/aromatic N) is 2. The van der Waals surface area contributed by atoms with Crippen molar-refractivity contribution in [3.8, 4) is 0 Å². The second-order valence-corrected chi connectivity index (χ2v) is 4.63. The van der Waals surface area contributed by atoms with Crippen LogP contribution in [-0.4, -0.2) is 16.5 Å². The molecule has 2 rings (SSSR count).